The van der Waals surface area contributed by atoms with Gasteiger partial charge in [0.25, 0.3) is 0 Å². The summed E-state index contributed by atoms with van der Waals surface area (Å²) >= 11 is 0. The summed E-state index contributed by atoms with van der Waals surface area (Å²) in [7, 11) is 1.65. The lowest BCUT2D eigenvalue weighted by atomic mass is 10.1. The van der Waals surface area contributed by atoms with E-state index >= 15 is 0 Å². The van der Waals surface area contributed by atoms with Gasteiger partial charge in [0, 0.05) is 14.0 Å². The summed E-state index contributed by atoms with van der Waals surface area (Å²) in [4.78, 5) is 10.4. The Balaban J connectivity index is 3.71. The average Bonchev–Trinajstić information content (AvgIpc) is 2.21. The summed E-state index contributed by atoms with van der Waals surface area (Å²) in [5.74, 6) is 5.41. The Labute approximate surface area is 92.1 Å². The number of ether oxygens (including phenoxy) is 2. The first-order valence-electron chi connectivity index (χ1n) is 5.35. The summed E-state index contributed by atoms with van der Waals surface area (Å²) in [5.41, 5.74) is 0. The lowest BCUT2D eigenvalue weighted by Crippen LogP contribution is -2.08. The number of hydrogen-bond acceptors (Lipinski definition) is 3. The zero-order valence-electron chi connectivity index (χ0n) is 9.84. The predicted molar refractivity (Wildman–Crippen MR) is 59.3 cm³/mol. The SMILES string of the molecule is CCCCCC(C#CCOC(C)=O)OC. The van der Waals surface area contributed by atoms with Crippen LogP contribution >= 0.6 is 0 Å². The van der Waals surface area contributed by atoms with Crippen LogP contribution in [0.3, 0.4) is 0 Å². The van der Waals surface area contributed by atoms with Crippen molar-refractivity contribution in [1.82, 2.24) is 0 Å². The summed E-state index contributed by atoms with van der Waals surface area (Å²) in [6.45, 7) is 3.69. The molecular formula is C12H20O3. The number of methoxy groups -OCH3 is 1. The topological polar surface area (TPSA) is 35.5 Å². The van der Waals surface area contributed by atoms with E-state index in [-0.39, 0.29) is 18.7 Å². The zero-order valence-corrected chi connectivity index (χ0v) is 9.84. The summed E-state index contributed by atoms with van der Waals surface area (Å²) in [6, 6.07) is 0. The molecule has 1 unspecified atom stereocenters. The molecule has 0 heterocycles. The third kappa shape index (κ3) is 9.30. The van der Waals surface area contributed by atoms with Gasteiger partial charge < -0.3 is 9.47 Å². The maximum atomic E-state index is 10.4. The summed E-state index contributed by atoms with van der Waals surface area (Å²) < 4.78 is 9.88. The van der Waals surface area contributed by atoms with Gasteiger partial charge in [-0.2, -0.15) is 0 Å². The molecule has 0 aliphatic rings. The normalized spacial score (nSPS) is 11.4. The molecule has 0 amide bonds. The van der Waals surface area contributed by atoms with Gasteiger partial charge in [-0.1, -0.05) is 31.6 Å². The highest BCUT2D eigenvalue weighted by atomic mass is 16.5. The fourth-order valence-electron chi connectivity index (χ4n) is 1.12. The van der Waals surface area contributed by atoms with Crippen LogP contribution in [-0.2, 0) is 14.3 Å². The van der Waals surface area contributed by atoms with Crippen LogP contribution in [0.25, 0.3) is 0 Å². The quantitative estimate of drug-likeness (QED) is 0.384. The minimum absolute atomic E-state index is 0.0351. The van der Waals surface area contributed by atoms with Gasteiger partial charge >= 0.3 is 5.97 Å². The molecule has 0 aromatic rings. The lowest BCUT2D eigenvalue weighted by molar-refractivity contribution is -0.139. The number of unbranched alkanes of at least 4 members (excludes halogenated alkanes) is 2. The van der Waals surface area contributed by atoms with E-state index in [0.29, 0.717) is 0 Å². The number of esters is 1. The van der Waals surface area contributed by atoms with E-state index in [1.54, 1.807) is 7.11 Å². The molecule has 0 saturated heterocycles. The Hall–Kier alpha value is -1.01. The molecule has 0 saturated carbocycles. The molecule has 3 heteroatoms. The van der Waals surface area contributed by atoms with Gasteiger partial charge in [-0.15, -0.1) is 0 Å². The van der Waals surface area contributed by atoms with Crippen molar-refractivity contribution in [3.05, 3.63) is 0 Å². The molecule has 0 N–H and O–H groups in total. The second kappa shape index (κ2) is 9.54. The second-order valence-corrected chi connectivity index (χ2v) is 3.32. The van der Waals surface area contributed by atoms with Crippen molar-refractivity contribution in [3.8, 4) is 11.8 Å². The van der Waals surface area contributed by atoms with Crippen molar-refractivity contribution in [2.75, 3.05) is 13.7 Å². The van der Waals surface area contributed by atoms with Gasteiger partial charge in [-0.05, 0) is 12.8 Å². The van der Waals surface area contributed by atoms with Gasteiger partial charge in [0.2, 0.25) is 0 Å². The lowest BCUT2D eigenvalue weighted by Gasteiger charge is -2.07. The molecule has 86 valence electrons. The molecule has 0 spiro atoms. The van der Waals surface area contributed by atoms with E-state index in [4.69, 9.17) is 9.47 Å². The minimum atomic E-state index is -0.302. The Kier molecular flexibility index (Phi) is 8.90. The predicted octanol–water partition coefficient (Wildman–Crippen LogP) is 2.15. The fraction of sp³-hybridized carbons (Fsp3) is 0.750. The maximum absolute atomic E-state index is 10.4. The molecule has 0 bridgehead atoms. The van der Waals surface area contributed by atoms with E-state index < -0.39 is 0 Å². The fourth-order valence-corrected chi connectivity index (χ4v) is 1.12. The van der Waals surface area contributed by atoms with Crippen molar-refractivity contribution >= 4 is 5.97 Å². The van der Waals surface area contributed by atoms with Crippen LogP contribution in [0.2, 0.25) is 0 Å². The smallest absolute Gasteiger partial charge is 0.303 e. The second-order valence-electron chi connectivity index (χ2n) is 3.32. The van der Waals surface area contributed by atoms with Crippen LogP contribution in [-0.4, -0.2) is 25.8 Å². The van der Waals surface area contributed by atoms with Crippen molar-refractivity contribution in [1.29, 1.82) is 0 Å². The number of carbonyl (C=O) groups excluding carboxylic acids is 1. The number of rotatable bonds is 6. The Morgan fingerprint density at radius 1 is 1.40 bits per heavy atom. The zero-order chi connectivity index (χ0) is 11.5. The van der Waals surface area contributed by atoms with E-state index in [0.717, 1.165) is 12.8 Å². The molecular weight excluding hydrogens is 192 g/mol. The number of hydrogen-bond donors (Lipinski definition) is 0. The van der Waals surface area contributed by atoms with E-state index in [2.05, 4.69) is 18.8 Å². The average molecular weight is 212 g/mol. The van der Waals surface area contributed by atoms with Crippen LogP contribution in [0, 0.1) is 11.8 Å². The largest absolute Gasteiger partial charge is 0.453 e. The first kappa shape index (κ1) is 14.0. The first-order chi connectivity index (χ1) is 7.20. The van der Waals surface area contributed by atoms with Gasteiger partial charge in [0.15, 0.2) is 6.61 Å². The molecule has 15 heavy (non-hydrogen) atoms. The first-order valence-corrected chi connectivity index (χ1v) is 5.35. The van der Waals surface area contributed by atoms with Gasteiger partial charge in [0.05, 0.1) is 0 Å². The monoisotopic (exact) mass is 212 g/mol. The molecule has 1 atom stereocenters. The Morgan fingerprint density at radius 3 is 2.67 bits per heavy atom. The minimum Gasteiger partial charge on any atom is -0.453 e. The van der Waals surface area contributed by atoms with Crippen molar-refractivity contribution in [2.24, 2.45) is 0 Å². The van der Waals surface area contributed by atoms with Crippen LogP contribution in [0.15, 0.2) is 0 Å². The molecule has 0 aliphatic carbocycles. The third-order valence-electron chi connectivity index (χ3n) is 1.97. The number of carbonyl (C=O) groups is 1. The van der Waals surface area contributed by atoms with Crippen LogP contribution in [0.1, 0.15) is 39.5 Å². The Bertz CT molecular complexity index is 225. The molecule has 0 aliphatic heterocycles. The van der Waals surface area contributed by atoms with E-state index in [1.165, 1.54) is 19.8 Å². The van der Waals surface area contributed by atoms with Crippen molar-refractivity contribution < 1.29 is 14.3 Å². The third-order valence-corrected chi connectivity index (χ3v) is 1.97. The molecule has 0 aromatic carbocycles. The maximum Gasteiger partial charge on any atom is 0.303 e. The van der Waals surface area contributed by atoms with Crippen molar-refractivity contribution in [2.45, 2.75) is 45.6 Å². The van der Waals surface area contributed by atoms with Gasteiger partial charge in [-0.25, -0.2) is 0 Å². The van der Waals surface area contributed by atoms with E-state index in [9.17, 15) is 4.79 Å². The molecule has 0 radical (unpaired) electrons. The van der Waals surface area contributed by atoms with Gasteiger partial charge in [0.1, 0.15) is 6.10 Å². The van der Waals surface area contributed by atoms with Crippen molar-refractivity contribution in [3.63, 3.8) is 0 Å². The van der Waals surface area contributed by atoms with Crippen LogP contribution in [0.4, 0.5) is 0 Å². The van der Waals surface area contributed by atoms with E-state index in [1.807, 2.05) is 0 Å². The van der Waals surface area contributed by atoms with Crippen LogP contribution < -0.4 is 0 Å². The molecule has 0 fully saturated rings. The Morgan fingerprint density at radius 2 is 2.13 bits per heavy atom. The highest BCUT2D eigenvalue weighted by Crippen LogP contribution is 2.04. The summed E-state index contributed by atoms with van der Waals surface area (Å²) in [5, 5.41) is 0. The highest BCUT2D eigenvalue weighted by molar-refractivity contribution is 5.66. The molecule has 3 nitrogen and oxygen atoms in total. The molecule has 0 aromatic heterocycles. The van der Waals surface area contributed by atoms with Crippen LogP contribution in [0.5, 0.6) is 0 Å². The molecule has 0 rings (SSSR count). The standard InChI is InChI=1S/C12H20O3/c1-4-5-6-8-12(14-3)9-7-10-15-11(2)13/h12H,4-6,8,10H2,1-3H3. The summed E-state index contributed by atoms with van der Waals surface area (Å²) in [6.07, 6.45) is 4.42. The van der Waals surface area contributed by atoms with Gasteiger partial charge in [-0.3, -0.25) is 4.79 Å². The highest BCUT2D eigenvalue weighted by Gasteiger charge is 2.01.